The maximum absolute atomic E-state index is 12.1. The molecule has 0 saturated carbocycles. The van der Waals surface area contributed by atoms with Gasteiger partial charge in [0, 0.05) is 26.1 Å². The quantitative estimate of drug-likeness (QED) is 0.865. The summed E-state index contributed by atoms with van der Waals surface area (Å²) in [5.41, 5.74) is 1.29. The fraction of sp³-hybridized carbons (Fsp3) is 0.588. The van der Waals surface area contributed by atoms with Gasteiger partial charge < -0.3 is 10.2 Å². The Balaban J connectivity index is 1.66. The maximum atomic E-state index is 12.1. The van der Waals surface area contributed by atoms with E-state index in [1.54, 1.807) is 0 Å². The van der Waals surface area contributed by atoms with Crippen molar-refractivity contribution in [3.8, 4) is 0 Å². The van der Waals surface area contributed by atoms with Crippen LogP contribution in [0.4, 0.5) is 0 Å². The van der Waals surface area contributed by atoms with Crippen LogP contribution in [0.1, 0.15) is 37.7 Å². The van der Waals surface area contributed by atoms with Crippen molar-refractivity contribution >= 4 is 5.91 Å². The van der Waals surface area contributed by atoms with Crippen LogP contribution in [-0.4, -0.2) is 37.0 Å². The van der Waals surface area contributed by atoms with E-state index in [-0.39, 0.29) is 5.91 Å². The summed E-state index contributed by atoms with van der Waals surface area (Å²) < 4.78 is 0. The average molecular weight is 274 g/mol. The van der Waals surface area contributed by atoms with E-state index >= 15 is 0 Å². The Bertz CT molecular complexity index is 399. The molecule has 3 heteroatoms. The summed E-state index contributed by atoms with van der Waals surface area (Å²) in [6.45, 7) is 1.92. The zero-order valence-corrected chi connectivity index (χ0v) is 12.5. The van der Waals surface area contributed by atoms with E-state index in [9.17, 15) is 4.79 Å². The number of hydrogen-bond acceptors (Lipinski definition) is 2. The third-order valence-corrected chi connectivity index (χ3v) is 4.12. The summed E-state index contributed by atoms with van der Waals surface area (Å²) in [4.78, 5) is 14.0. The van der Waals surface area contributed by atoms with E-state index in [1.807, 2.05) is 30.1 Å². The standard InChI is InChI=1S/C17H26N2O/c1-19(14-12-15-7-3-2-4-8-15)17(20)11-10-16-9-5-6-13-18-16/h2-4,7-8,16,18H,5-6,9-14H2,1H3. The first-order valence-corrected chi connectivity index (χ1v) is 7.77. The Morgan fingerprint density at radius 3 is 2.80 bits per heavy atom. The van der Waals surface area contributed by atoms with Crippen molar-refractivity contribution in [1.82, 2.24) is 10.2 Å². The predicted molar refractivity (Wildman–Crippen MR) is 82.7 cm³/mol. The Hall–Kier alpha value is -1.35. The molecule has 1 heterocycles. The number of rotatable bonds is 6. The van der Waals surface area contributed by atoms with E-state index in [0.29, 0.717) is 12.5 Å². The molecular formula is C17H26N2O. The largest absolute Gasteiger partial charge is 0.345 e. The molecule has 0 aliphatic carbocycles. The molecule has 1 saturated heterocycles. The number of piperidine rings is 1. The number of amides is 1. The average Bonchev–Trinajstić information content (AvgIpc) is 2.52. The van der Waals surface area contributed by atoms with Crippen LogP contribution in [0, 0.1) is 0 Å². The minimum atomic E-state index is 0.272. The van der Waals surface area contributed by atoms with E-state index in [2.05, 4.69) is 17.4 Å². The maximum Gasteiger partial charge on any atom is 0.222 e. The minimum Gasteiger partial charge on any atom is -0.345 e. The van der Waals surface area contributed by atoms with Gasteiger partial charge in [0.15, 0.2) is 0 Å². The highest BCUT2D eigenvalue weighted by atomic mass is 16.2. The zero-order chi connectivity index (χ0) is 14.2. The Kier molecular flexibility index (Phi) is 6.06. The topological polar surface area (TPSA) is 32.3 Å². The van der Waals surface area contributed by atoms with Crippen molar-refractivity contribution in [2.24, 2.45) is 0 Å². The molecule has 1 aliphatic heterocycles. The van der Waals surface area contributed by atoms with Crippen LogP contribution in [0.5, 0.6) is 0 Å². The summed E-state index contributed by atoms with van der Waals surface area (Å²) in [6, 6.07) is 10.9. The molecule has 1 aromatic rings. The van der Waals surface area contributed by atoms with Gasteiger partial charge in [0.05, 0.1) is 0 Å². The molecule has 0 bridgehead atoms. The number of nitrogens with zero attached hydrogens (tertiary/aromatic N) is 1. The van der Waals surface area contributed by atoms with Crippen LogP contribution in [0.2, 0.25) is 0 Å². The van der Waals surface area contributed by atoms with Gasteiger partial charge in [-0.05, 0) is 37.8 Å². The van der Waals surface area contributed by atoms with E-state index in [0.717, 1.165) is 25.9 Å². The number of carbonyl (C=O) groups is 1. The van der Waals surface area contributed by atoms with Crippen LogP contribution >= 0.6 is 0 Å². The second-order valence-corrected chi connectivity index (χ2v) is 5.74. The van der Waals surface area contributed by atoms with Crippen molar-refractivity contribution in [1.29, 1.82) is 0 Å². The number of hydrogen-bond donors (Lipinski definition) is 1. The van der Waals surface area contributed by atoms with Gasteiger partial charge in [-0.25, -0.2) is 0 Å². The number of likely N-dealkylation sites (N-methyl/N-ethyl adjacent to an activating group) is 1. The predicted octanol–water partition coefficient (Wildman–Crippen LogP) is 2.61. The molecular weight excluding hydrogens is 248 g/mol. The molecule has 0 radical (unpaired) electrons. The molecule has 20 heavy (non-hydrogen) atoms. The third-order valence-electron chi connectivity index (χ3n) is 4.12. The molecule has 2 rings (SSSR count). The van der Waals surface area contributed by atoms with Crippen LogP contribution in [-0.2, 0) is 11.2 Å². The van der Waals surface area contributed by atoms with Crippen molar-refractivity contribution in [2.45, 2.75) is 44.6 Å². The van der Waals surface area contributed by atoms with Gasteiger partial charge in [-0.3, -0.25) is 4.79 Å². The van der Waals surface area contributed by atoms with E-state index < -0.39 is 0 Å². The molecule has 1 aromatic carbocycles. The smallest absolute Gasteiger partial charge is 0.222 e. The molecule has 3 nitrogen and oxygen atoms in total. The lowest BCUT2D eigenvalue weighted by Gasteiger charge is -2.24. The van der Waals surface area contributed by atoms with Gasteiger partial charge in [-0.1, -0.05) is 36.8 Å². The van der Waals surface area contributed by atoms with Crippen molar-refractivity contribution in [3.05, 3.63) is 35.9 Å². The second-order valence-electron chi connectivity index (χ2n) is 5.74. The Labute approximate surface area is 122 Å². The minimum absolute atomic E-state index is 0.272. The molecule has 1 N–H and O–H groups in total. The first-order chi connectivity index (χ1) is 9.75. The SMILES string of the molecule is CN(CCc1ccccc1)C(=O)CCC1CCCCN1. The zero-order valence-electron chi connectivity index (χ0n) is 12.5. The first kappa shape index (κ1) is 15.0. The summed E-state index contributed by atoms with van der Waals surface area (Å²) in [5, 5.41) is 3.50. The molecule has 1 fully saturated rings. The van der Waals surface area contributed by atoms with Crippen LogP contribution in [0.3, 0.4) is 0 Å². The molecule has 0 spiro atoms. The van der Waals surface area contributed by atoms with Crippen LogP contribution < -0.4 is 5.32 Å². The van der Waals surface area contributed by atoms with Crippen molar-refractivity contribution in [3.63, 3.8) is 0 Å². The molecule has 0 aromatic heterocycles. The second kappa shape index (κ2) is 8.05. The molecule has 1 unspecified atom stereocenters. The fourth-order valence-electron chi connectivity index (χ4n) is 2.73. The number of benzene rings is 1. The van der Waals surface area contributed by atoms with Crippen LogP contribution in [0.15, 0.2) is 30.3 Å². The van der Waals surface area contributed by atoms with E-state index in [4.69, 9.17) is 0 Å². The monoisotopic (exact) mass is 274 g/mol. The highest BCUT2D eigenvalue weighted by molar-refractivity contribution is 5.75. The molecule has 1 aliphatic rings. The number of nitrogens with one attached hydrogen (secondary N) is 1. The fourth-order valence-corrected chi connectivity index (χ4v) is 2.73. The van der Waals surface area contributed by atoms with Gasteiger partial charge in [-0.15, -0.1) is 0 Å². The first-order valence-electron chi connectivity index (χ1n) is 7.77. The number of carbonyl (C=O) groups excluding carboxylic acids is 1. The molecule has 1 amide bonds. The lowest BCUT2D eigenvalue weighted by Crippen LogP contribution is -2.36. The van der Waals surface area contributed by atoms with Crippen LogP contribution in [0.25, 0.3) is 0 Å². The highest BCUT2D eigenvalue weighted by Crippen LogP contribution is 2.12. The van der Waals surface area contributed by atoms with Crippen molar-refractivity contribution in [2.75, 3.05) is 20.1 Å². The Morgan fingerprint density at radius 1 is 1.30 bits per heavy atom. The molecule has 110 valence electrons. The lowest BCUT2D eigenvalue weighted by molar-refractivity contribution is -0.130. The molecule has 1 atom stereocenters. The summed E-state index contributed by atoms with van der Waals surface area (Å²) in [5.74, 6) is 0.272. The van der Waals surface area contributed by atoms with Gasteiger partial charge in [-0.2, -0.15) is 0 Å². The van der Waals surface area contributed by atoms with Crippen molar-refractivity contribution < 1.29 is 4.79 Å². The van der Waals surface area contributed by atoms with Gasteiger partial charge in [0.1, 0.15) is 0 Å². The third kappa shape index (κ3) is 4.97. The normalized spacial score (nSPS) is 18.8. The lowest BCUT2D eigenvalue weighted by atomic mass is 10.0. The van der Waals surface area contributed by atoms with Gasteiger partial charge >= 0.3 is 0 Å². The summed E-state index contributed by atoms with van der Waals surface area (Å²) >= 11 is 0. The Morgan fingerprint density at radius 2 is 2.10 bits per heavy atom. The van der Waals surface area contributed by atoms with Gasteiger partial charge in [0.25, 0.3) is 0 Å². The summed E-state index contributed by atoms with van der Waals surface area (Å²) in [7, 11) is 1.92. The highest BCUT2D eigenvalue weighted by Gasteiger charge is 2.15. The van der Waals surface area contributed by atoms with Gasteiger partial charge in [0.2, 0.25) is 5.91 Å². The summed E-state index contributed by atoms with van der Waals surface area (Å²) in [6.07, 6.45) is 6.39. The van der Waals surface area contributed by atoms with E-state index in [1.165, 1.54) is 24.8 Å².